The lowest BCUT2D eigenvalue weighted by molar-refractivity contribution is -0.143. The van der Waals surface area contributed by atoms with Crippen LogP contribution in [0.1, 0.15) is 91.2 Å². The second-order valence-electron chi connectivity index (χ2n) is 17.6. The van der Waals surface area contributed by atoms with Gasteiger partial charge in [-0.05, 0) is 75.0 Å². The van der Waals surface area contributed by atoms with Crippen molar-refractivity contribution in [2.24, 2.45) is 23.2 Å². The van der Waals surface area contributed by atoms with E-state index < -0.39 is 92.9 Å². The number of carbonyl (C=O) groups excluding carboxylic acids is 4. The van der Waals surface area contributed by atoms with Gasteiger partial charge in [-0.15, -0.1) is 0 Å². The van der Waals surface area contributed by atoms with Crippen molar-refractivity contribution < 1.29 is 45.9 Å². The predicted molar refractivity (Wildman–Crippen MR) is 218 cm³/mol. The van der Waals surface area contributed by atoms with Crippen molar-refractivity contribution >= 4 is 79.1 Å². The summed E-state index contributed by atoms with van der Waals surface area (Å²) in [5, 5.41) is 4.88. The molecule has 0 radical (unpaired) electrons. The average molecular weight is 963 g/mol. The lowest BCUT2D eigenvalue weighted by atomic mass is 9.85. The number of halogens is 4. The summed E-state index contributed by atoms with van der Waals surface area (Å²) in [5.74, 6) is -5.04. The molecule has 2 aromatic rings. The van der Waals surface area contributed by atoms with Gasteiger partial charge in [-0.1, -0.05) is 74.7 Å². The van der Waals surface area contributed by atoms with Gasteiger partial charge in [-0.3, -0.25) is 19.1 Å². The van der Waals surface area contributed by atoms with Crippen LogP contribution in [0.15, 0.2) is 18.2 Å². The summed E-state index contributed by atoms with van der Waals surface area (Å²) >= 11 is 8.73. The van der Waals surface area contributed by atoms with E-state index in [1.807, 2.05) is 4.72 Å². The minimum Gasteiger partial charge on any atom is -0.471 e. The molecule has 9 atom stereocenters. The summed E-state index contributed by atoms with van der Waals surface area (Å²) in [6.45, 7) is 6.73. The number of hydrogen-bond donors (Lipinski definition) is 3. The largest absolute Gasteiger partial charge is 0.471 e. The highest BCUT2D eigenvalue weighted by molar-refractivity contribution is 14.1. The van der Waals surface area contributed by atoms with Crippen LogP contribution >= 0.6 is 34.2 Å². The number of amides is 4. The third kappa shape index (κ3) is 8.84. The van der Waals surface area contributed by atoms with Crippen LogP contribution < -0.4 is 20.1 Å². The Bertz CT molecular complexity index is 2070. The highest BCUT2D eigenvalue weighted by Gasteiger charge is 2.67. The van der Waals surface area contributed by atoms with Crippen LogP contribution in [0.4, 0.5) is 13.6 Å². The highest BCUT2D eigenvalue weighted by Crippen LogP contribution is 2.49. The topological polar surface area (TPSA) is 186 Å². The maximum Gasteiger partial charge on any atom is 0.408 e. The number of alkyl carbamates (subject to hydrolysis) is 1. The van der Waals surface area contributed by atoms with Gasteiger partial charge in [-0.25, -0.2) is 32.0 Å². The van der Waals surface area contributed by atoms with Crippen molar-refractivity contribution in [3.05, 3.63) is 28.9 Å². The van der Waals surface area contributed by atoms with Gasteiger partial charge in [-0.2, -0.15) is 0 Å². The molecule has 1 saturated heterocycles. The smallest absolute Gasteiger partial charge is 0.408 e. The lowest BCUT2D eigenvalue weighted by Gasteiger charge is -2.36. The van der Waals surface area contributed by atoms with E-state index in [1.54, 1.807) is 45.9 Å². The van der Waals surface area contributed by atoms with Crippen LogP contribution in [-0.2, 0) is 35.6 Å². The van der Waals surface area contributed by atoms with E-state index in [0.29, 0.717) is 51.4 Å². The fraction of sp³-hybridized carbons (Fsp3) is 0.692. The Balaban J connectivity index is 1.26. The van der Waals surface area contributed by atoms with Crippen molar-refractivity contribution in [3.8, 4) is 5.88 Å². The molecule has 3 heterocycles. The van der Waals surface area contributed by atoms with Gasteiger partial charge < -0.3 is 25.0 Å². The number of aryl methyl sites for hydroxylation is 1. The molecule has 2 bridgehead atoms. The van der Waals surface area contributed by atoms with Crippen molar-refractivity contribution in [3.63, 3.8) is 0 Å². The Kier molecular flexibility index (Phi) is 12.1. The number of benzene rings is 1. The van der Waals surface area contributed by atoms with Crippen LogP contribution in [0.2, 0.25) is 5.02 Å². The van der Waals surface area contributed by atoms with E-state index in [0.717, 1.165) is 32.1 Å². The molecule has 1 aromatic carbocycles. The first-order chi connectivity index (χ1) is 27.3. The summed E-state index contributed by atoms with van der Waals surface area (Å²) in [5.41, 5.74) is -1.49. The summed E-state index contributed by atoms with van der Waals surface area (Å²) < 4.78 is 68.9. The number of fused-ring (bicyclic) bond motifs is 5. The zero-order valence-corrected chi connectivity index (χ0v) is 36.5. The number of ether oxygens (including phenoxy) is 2. The molecular weight excluding hydrogens is 913 g/mol. The number of nitrogens with zero attached hydrogens (tertiary/aromatic N) is 3. The lowest BCUT2D eigenvalue weighted by Crippen LogP contribution is -2.61. The zero-order chi connectivity index (χ0) is 41.9. The molecule has 7 rings (SSSR count). The number of alkyl halides is 3. The Hall–Kier alpha value is -3.13. The number of aromatic nitrogens is 2. The van der Waals surface area contributed by atoms with Crippen molar-refractivity contribution in [1.29, 1.82) is 0 Å². The molecule has 5 aliphatic rings. The van der Waals surface area contributed by atoms with Gasteiger partial charge in [0.1, 0.15) is 35.5 Å². The quantitative estimate of drug-likeness (QED) is 0.248. The Morgan fingerprint density at radius 3 is 2.45 bits per heavy atom. The third-order valence-electron chi connectivity index (χ3n) is 12.3. The Morgan fingerprint density at radius 1 is 1.03 bits per heavy atom. The van der Waals surface area contributed by atoms with E-state index >= 15 is 0 Å². The second kappa shape index (κ2) is 16.4. The average Bonchev–Trinajstić information content (AvgIpc) is 4.06. The zero-order valence-electron chi connectivity index (χ0n) is 32.8. The molecule has 2 aliphatic heterocycles. The van der Waals surface area contributed by atoms with Crippen molar-refractivity contribution in [1.82, 2.24) is 30.2 Å². The van der Waals surface area contributed by atoms with Crippen LogP contribution in [0.3, 0.4) is 0 Å². The summed E-state index contributed by atoms with van der Waals surface area (Å²) in [4.78, 5) is 67.4. The number of hydrogen-bond acceptors (Lipinski definition) is 10. The molecule has 19 heteroatoms. The fourth-order valence-electron chi connectivity index (χ4n) is 8.64. The summed E-state index contributed by atoms with van der Waals surface area (Å²) in [6.07, 6.45) is 0.506. The minimum absolute atomic E-state index is 0.120. The molecular formula is C39H50ClF2IN6O8S. The molecule has 3 N–H and O–H groups in total. The molecule has 3 aliphatic carbocycles. The molecule has 1 aromatic heterocycles. The van der Waals surface area contributed by atoms with E-state index in [9.17, 15) is 36.4 Å². The maximum atomic E-state index is 14.8. The van der Waals surface area contributed by atoms with Crippen LogP contribution in [0.25, 0.3) is 11.0 Å². The second-order valence-corrected chi connectivity index (χ2v) is 21.6. The standard InChI is InChI=1S/C39H50ClF2IN6O8S/c1-19-29-18-49(30(19)33(50)47-39(17-23(39)32(41)42)36(52)48-58(54,55)21-11-12-21)35(51)31(38(2,3)4)46-37(53)57-28-15-13-24(43)22(28)8-6-5-7-9-26-34(56-29)45-27-16-20(40)10-14-25(27)44-26/h10,14,16,19,21-24,28-32H,5-9,11-13,15,17-18H2,1-4H3,(H,46,53)(H,47,50)(H,48,52)/t19-,22-,23+,24+,28-,29+,30+,31-,39-/m1/s1. The number of nitrogens with one attached hydrogen (secondary N) is 3. The molecule has 4 fully saturated rings. The Morgan fingerprint density at radius 2 is 1.78 bits per heavy atom. The van der Waals surface area contributed by atoms with E-state index in [4.69, 9.17) is 31.0 Å². The normalized spacial score (nSPS) is 32.3. The van der Waals surface area contributed by atoms with Gasteiger partial charge >= 0.3 is 6.09 Å². The van der Waals surface area contributed by atoms with Crippen molar-refractivity contribution in [2.75, 3.05) is 6.54 Å². The van der Waals surface area contributed by atoms with Gasteiger partial charge in [0, 0.05) is 20.8 Å². The van der Waals surface area contributed by atoms with Gasteiger partial charge in [0.25, 0.3) is 5.91 Å². The minimum atomic E-state index is -4.15. The van der Waals surface area contributed by atoms with E-state index in [1.165, 1.54) is 4.90 Å². The molecule has 318 valence electrons. The van der Waals surface area contributed by atoms with Crippen LogP contribution in [0, 0.1) is 23.2 Å². The fourth-order valence-corrected chi connectivity index (χ4v) is 11.4. The Labute approximate surface area is 355 Å². The van der Waals surface area contributed by atoms with Gasteiger partial charge in [0.15, 0.2) is 0 Å². The first-order valence-corrected chi connectivity index (χ1v) is 23.2. The van der Waals surface area contributed by atoms with E-state index in [-0.39, 0.29) is 24.4 Å². The first-order valence-electron chi connectivity index (χ1n) is 20.0. The van der Waals surface area contributed by atoms with Crippen LogP contribution in [0.5, 0.6) is 5.88 Å². The first kappa shape index (κ1) is 43.0. The van der Waals surface area contributed by atoms with E-state index in [2.05, 4.69) is 33.2 Å². The molecule has 0 spiro atoms. The number of sulfonamides is 1. The molecule has 58 heavy (non-hydrogen) atoms. The summed E-state index contributed by atoms with van der Waals surface area (Å²) in [6, 6.07) is 2.52. The molecule has 14 nitrogen and oxygen atoms in total. The van der Waals surface area contributed by atoms with Crippen LogP contribution in [-0.4, -0.2) is 99.1 Å². The number of carbonyl (C=O) groups is 4. The maximum absolute atomic E-state index is 14.8. The van der Waals surface area contributed by atoms with Gasteiger partial charge in [0.05, 0.1) is 28.7 Å². The monoisotopic (exact) mass is 962 g/mol. The molecule has 0 unspecified atom stereocenters. The van der Waals surface area contributed by atoms with Crippen molar-refractivity contribution in [2.45, 2.75) is 137 Å². The highest BCUT2D eigenvalue weighted by atomic mass is 127. The SMILES string of the molecule is C[C@@H]1[C@@H]2CN(C(=O)[C@H](C(C)(C)C)NC(=O)O[C@@H]3CC[C@H](I)[C@H]3CCCCCc3nc4ccc(Cl)cc4nc3O2)[C@@H]1C(=O)N[C@]1(C(=O)NS(=O)(=O)C2CC2)C[C@H]1C(F)F. The molecule has 4 amide bonds. The summed E-state index contributed by atoms with van der Waals surface area (Å²) in [7, 11) is -4.15. The number of rotatable bonds is 6. The predicted octanol–water partition coefficient (Wildman–Crippen LogP) is 5.47. The third-order valence-corrected chi connectivity index (χ3v) is 15.9. The molecule has 3 saturated carbocycles. The van der Waals surface area contributed by atoms with Gasteiger partial charge in [0.2, 0.25) is 34.1 Å².